The molecule has 2 heterocycles. The number of nitrogens with one attached hydrogen (secondary N) is 1. The van der Waals surface area contributed by atoms with E-state index in [1.54, 1.807) is 12.3 Å². The second-order valence-corrected chi connectivity index (χ2v) is 5.46. The number of nitrogens with zero attached hydrogens (tertiary/aromatic N) is 1. The summed E-state index contributed by atoms with van der Waals surface area (Å²) >= 11 is 0. The summed E-state index contributed by atoms with van der Waals surface area (Å²) in [6.07, 6.45) is 6.41. The van der Waals surface area contributed by atoms with Crippen molar-refractivity contribution in [3.8, 4) is 0 Å². The number of hydrogen-bond acceptors (Lipinski definition) is 3. The smallest absolute Gasteiger partial charge is 0.268 e. The van der Waals surface area contributed by atoms with Crippen LogP contribution in [0.3, 0.4) is 0 Å². The molecular weight excluding hydrogens is 254 g/mol. The molecule has 1 aliphatic carbocycles. The van der Waals surface area contributed by atoms with E-state index in [1.165, 1.54) is 0 Å². The lowest BCUT2D eigenvalue weighted by molar-refractivity contribution is 0.0929. The fourth-order valence-electron chi connectivity index (χ4n) is 2.42. The SMILES string of the molecule is CC(Cc1ccco1)NC(=O)c1cc(N)cn1C1CC1. The van der Waals surface area contributed by atoms with Gasteiger partial charge in [0.25, 0.3) is 5.91 Å². The highest BCUT2D eigenvalue weighted by Gasteiger charge is 2.28. The van der Waals surface area contributed by atoms with Crippen molar-refractivity contribution in [3.63, 3.8) is 0 Å². The molecule has 0 bridgehead atoms. The number of aromatic nitrogens is 1. The standard InChI is InChI=1S/C15H19N3O2/c1-10(7-13-3-2-6-20-13)17-15(19)14-8-11(16)9-18(14)12-4-5-12/h2-3,6,8-10,12H,4-5,7,16H2,1H3,(H,17,19). The van der Waals surface area contributed by atoms with Gasteiger partial charge in [0.15, 0.2) is 0 Å². The lowest BCUT2D eigenvalue weighted by Crippen LogP contribution is -2.35. The van der Waals surface area contributed by atoms with Crippen LogP contribution in [0.25, 0.3) is 0 Å². The largest absolute Gasteiger partial charge is 0.469 e. The summed E-state index contributed by atoms with van der Waals surface area (Å²) in [5, 5.41) is 3.00. The Kier molecular flexibility index (Phi) is 3.26. The van der Waals surface area contributed by atoms with E-state index in [2.05, 4.69) is 5.32 Å². The molecule has 20 heavy (non-hydrogen) atoms. The van der Waals surface area contributed by atoms with Crippen molar-refractivity contribution < 1.29 is 9.21 Å². The third-order valence-electron chi connectivity index (χ3n) is 3.51. The van der Waals surface area contributed by atoms with Crippen LogP contribution < -0.4 is 11.1 Å². The summed E-state index contributed by atoms with van der Waals surface area (Å²) in [6, 6.07) is 5.95. The van der Waals surface area contributed by atoms with Crippen LogP contribution >= 0.6 is 0 Å². The monoisotopic (exact) mass is 273 g/mol. The normalized spacial score (nSPS) is 16.1. The molecule has 0 radical (unpaired) electrons. The number of carbonyl (C=O) groups is 1. The average Bonchev–Trinajstić information content (AvgIpc) is 2.98. The number of furan rings is 1. The summed E-state index contributed by atoms with van der Waals surface area (Å²) in [5.74, 6) is 0.794. The highest BCUT2D eigenvalue weighted by molar-refractivity contribution is 5.94. The predicted molar refractivity (Wildman–Crippen MR) is 76.5 cm³/mol. The molecule has 1 amide bonds. The number of nitrogen functional groups attached to an aromatic ring is 1. The number of carbonyl (C=O) groups excluding carboxylic acids is 1. The summed E-state index contributed by atoms with van der Waals surface area (Å²) in [7, 11) is 0. The number of anilines is 1. The number of hydrogen-bond donors (Lipinski definition) is 2. The highest BCUT2D eigenvalue weighted by Crippen LogP contribution is 2.37. The first-order valence-electron chi connectivity index (χ1n) is 6.94. The molecule has 5 nitrogen and oxygen atoms in total. The van der Waals surface area contributed by atoms with Crippen LogP contribution in [0.4, 0.5) is 5.69 Å². The van der Waals surface area contributed by atoms with E-state index in [0.29, 0.717) is 23.8 Å². The Labute approximate surface area is 117 Å². The number of rotatable bonds is 5. The maximum absolute atomic E-state index is 12.3. The number of nitrogens with two attached hydrogens (primary N) is 1. The molecule has 2 aromatic heterocycles. The van der Waals surface area contributed by atoms with Gasteiger partial charge in [-0.1, -0.05) is 0 Å². The van der Waals surface area contributed by atoms with Gasteiger partial charge in [-0.2, -0.15) is 0 Å². The minimum absolute atomic E-state index is 0.0115. The van der Waals surface area contributed by atoms with Crippen molar-refractivity contribution in [2.75, 3.05) is 5.73 Å². The third-order valence-corrected chi connectivity index (χ3v) is 3.51. The van der Waals surface area contributed by atoms with Gasteiger partial charge in [0.05, 0.1) is 12.0 Å². The second-order valence-electron chi connectivity index (χ2n) is 5.46. The zero-order chi connectivity index (χ0) is 14.1. The van der Waals surface area contributed by atoms with Crippen molar-refractivity contribution in [1.82, 2.24) is 9.88 Å². The van der Waals surface area contributed by atoms with Crippen molar-refractivity contribution >= 4 is 11.6 Å². The zero-order valence-electron chi connectivity index (χ0n) is 11.5. The Bertz CT molecular complexity index is 597. The Hall–Kier alpha value is -2.17. The van der Waals surface area contributed by atoms with E-state index in [4.69, 9.17) is 10.2 Å². The van der Waals surface area contributed by atoms with E-state index in [0.717, 1.165) is 18.6 Å². The van der Waals surface area contributed by atoms with Gasteiger partial charge in [0.2, 0.25) is 0 Å². The van der Waals surface area contributed by atoms with E-state index in [-0.39, 0.29) is 11.9 Å². The first-order chi connectivity index (χ1) is 9.63. The first-order valence-corrected chi connectivity index (χ1v) is 6.94. The molecule has 1 saturated carbocycles. The fraction of sp³-hybridized carbons (Fsp3) is 0.400. The first kappa shape index (κ1) is 12.8. The quantitative estimate of drug-likeness (QED) is 0.878. The highest BCUT2D eigenvalue weighted by atomic mass is 16.3. The molecular formula is C15H19N3O2. The van der Waals surface area contributed by atoms with Gasteiger partial charge in [0, 0.05) is 24.7 Å². The van der Waals surface area contributed by atoms with Gasteiger partial charge in [0.1, 0.15) is 11.5 Å². The van der Waals surface area contributed by atoms with E-state index >= 15 is 0 Å². The molecule has 1 fully saturated rings. The van der Waals surface area contributed by atoms with Gasteiger partial charge in [-0.05, 0) is 38.0 Å². The molecule has 0 aliphatic heterocycles. The maximum Gasteiger partial charge on any atom is 0.268 e. The second kappa shape index (κ2) is 5.07. The van der Waals surface area contributed by atoms with Crippen LogP contribution in [0.2, 0.25) is 0 Å². The lowest BCUT2D eigenvalue weighted by atomic mass is 10.2. The van der Waals surface area contributed by atoms with Crippen molar-refractivity contribution in [3.05, 3.63) is 42.1 Å². The molecule has 2 aromatic rings. The van der Waals surface area contributed by atoms with Gasteiger partial charge in [-0.15, -0.1) is 0 Å². The van der Waals surface area contributed by atoms with Crippen molar-refractivity contribution in [2.24, 2.45) is 0 Å². The minimum atomic E-state index is -0.0762. The molecule has 0 saturated heterocycles. The van der Waals surface area contributed by atoms with Crippen LogP contribution in [-0.2, 0) is 6.42 Å². The third kappa shape index (κ3) is 2.71. The molecule has 3 N–H and O–H groups in total. The van der Waals surface area contributed by atoms with Gasteiger partial charge in [-0.3, -0.25) is 4.79 Å². The van der Waals surface area contributed by atoms with E-state index < -0.39 is 0 Å². The van der Waals surface area contributed by atoms with Crippen molar-refractivity contribution in [2.45, 2.75) is 38.3 Å². The summed E-state index contributed by atoms with van der Waals surface area (Å²) < 4.78 is 7.28. The molecule has 0 aromatic carbocycles. The van der Waals surface area contributed by atoms with Gasteiger partial charge >= 0.3 is 0 Å². The number of amides is 1. The van der Waals surface area contributed by atoms with E-state index in [9.17, 15) is 4.79 Å². The molecule has 5 heteroatoms. The average molecular weight is 273 g/mol. The Morgan fingerprint density at radius 2 is 2.40 bits per heavy atom. The van der Waals surface area contributed by atoms with Crippen LogP contribution in [0, 0.1) is 0 Å². The molecule has 0 spiro atoms. The Balaban J connectivity index is 1.66. The summed E-state index contributed by atoms with van der Waals surface area (Å²) in [4.78, 5) is 12.3. The Morgan fingerprint density at radius 1 is 1.60 bits per heavy atom. The van der Waals surface area contributed by atoms with Gasteiger partial charge in [-0.25, -0.2) is 0 Å². The predicted octanol–water partition coefficient (Wildman–Crippen LogP) is 2.36. The maximum atomic E-state index is 12.3. The van der Waals surface area contributed by atoms with Crippen LogP contribution in [0.15, 0.2) is 35.1 Å². The molecule has 1 aliphatic rings. The van der Waals surface area contributed by atoms with Crippen LogP contribution in [-0.4, -0.2) is 16.5 Å². The summed E-state index contributed by atoms with van der Waals surface area (Å²) in [6.45, 7) is 1.97. The van der Waals surface area contributed by atoms with Crippen molar-refractivity contribution in [1.29, 1.82) is 0 Å². The Morgan fingerprint density at radius 3 is 3.05 bits per heavy atom. The van der Waals surface area contributed by atoms with E-state index in [1.807, 2.05) is 29.8 Å². The molecule has 3 rings (SSSR count). The molecule has 106 valence electrons. The van der Waals surface area contributed by atoms with Crippen LogP contribution in [0.5, 0.6) is 0 Å². The lowest BCUT2D eigenvalue weighted by Gasteiger charge is -2.14. The molecule has 1 atom stereocenters. The fourth-order valence-corrected chi connectivity index (χ4v) is 2.42. The van der Waals surface area contributed by atoms with Crippen LogP contribution in [0.1, 0.15) is 42.1 Å². The molecule has 1 unspecified atom stereocenters. The summed E-state index contributed by atoms with van der Waals surface area (Å²) in [5.41, 5.74) is 7.10. The zero-order valence-corrected chi connectivity index (χ0v) is 11.5. The van der Waals surface area contributed by atoms with Gasteiger partial charge < -0.3 is 20.0 Å². The minimum Gasteiger partial charge on any atom is -0.469 e. The topological polar surface area (TPSA) is 73.2 Å².